The molecule has 13 aromatic carbocycles. The summed E-state index contributed by atoms with van der Waals surface area (Å²) in [6, 6.07) is 67.1. The number of para-hydroxylation sites is 2. The fourth-order valence-electron chi connectivity index (χ4n) is 16.8. The van der Waals surface area contributed by atoms with E-state index in [2.05, 4.69) is 262 Å². The molecule has 0 atom stereocenters. The second kappa shape index (κ2) is 18.9. The van der Waals surface area contributed by atoms with E-state index in [1.165, 1.54) is 11.1 Å². The summed E-state index contributed by atoms with van der Waals surface area (Å²) in [5, 5.41) is 14.3. The highest BCUT2D eigenvalue weighted by Crippen LogP contribution is 2.49. The lowest BCUT2D eigenvalue weighted by Gasteiger charge is -2.35. The van der Waals surface area contributed by atoms with Gasteiger partial charge in [-0.25, -0.2) is 0 Å². The Morgan fingerprint density at radius 1 is 0.305 bits per heavy atom. The molecule has 0 aliphatic carbocycles. The standard InChI is InChI=1S/C90H69BN4/c1-88(2,3)56-36-40-76-68(46-56)69-47-57(89(4,5)6)37-41-77(69)92(76)59-49-72-67-43-54(52-23-12-10-13-24-52)35-39-79(67)95-86(72)74(50-59)91-73-45-55(53-25-14-11-15-26-53)44-71-70-48-58(90(7,8)9)38-42-78(70)94(85(71)73)81-51-80-82(87(95)83(81)91)66-33-22-32-65-63-30-19-17-28-61(63)60-27-16-18-29-62(60)64-31-20-21-34-75(64)93(80)84(65)66/h10-51H,1-9H3/i10D,11D,12D,13D,14D,15D,23D,24D,25D,26D. The fourth-order valence-corrected chi connectivity index (χ4v) is 16.8. The molecular formula is C90H69BN4. The zero-order valence-corrected chi connectivity index (χ0v) is 54.3. The van der Waals surface area contributed by atoms with Crippen molar-refractivity contribution in [1.82, 2.24) is 18.1 Å². The number of aromatic nitrogens is 4. The topological polar surface area (TPSA) is 19.2 Å². The average molecular weight is 1230 g/mol. The first kappa shape index (κ1) is 45.4. The van der Waals surface area contributed by atoms with Crippen molar-refractivity contribution >= 4 is 148 Å². The zero-order valence-electron chi connectivity index (χ0n) is 64.3. The van der Waals surface area contributed by atoms with Crippen molar-refractivity contribution in [1.29, 1.82) is 0 Å². The van der Waals surface area contributed by atoms with Gasteiger partial charge < -0.3 is 18.1 Å². The summed E-state index contributed by atoms with van der Waals surface area (Å²) in [7, 11) is 0. The van der Waals surface area contributed by atoms with E-state index in [0.717, 1.165) is 164 Å². The fraction of sp³-hybridized carbons (Fsp3) is 0.133. The Hall–Kier alpha value is -10.9. The average Bonchev–Trinajstić information content (AvgIpc) is 1.52. The lowest BCUT2D eigenvalue weighted by atomic mass is 9.34. The van der Waals surface area contributed by atoms with E-state index in [0.29, 0.717) is 11.1 Å². The maximum atomic E-state index is 9.74. The van der Waals surface area contributed by atoms with Crippen molar-refractivity contribution in [3.63, 3.8) is 0 Å². The molecule has 0 saturated carbocycles. The van der Waals surface area contributed by atoms with E-state index in [1.807, 2.05) is 12.1 Å². The molecule has 0 unspecified atom stereocenters. The van der Waals surface area contributed by atoms with E-state index in [9.17, 15) is 8.22 Å². The van der Waals surface area contributed by atoms with Gasteiger partial charge in [-0.1, -0.05) is 238 Å². The number of benzene rings is 13. The van der Waals surface area contributed by atoms with Gasteiger partial charge in [0.25, 0.3) is 6.71 Å². The summed E-state index contributed by atoms with van der Waals surface area (Å²) in [6.07, 6.45) is 0. The first-order valence-electron chi connectivity index (χ1n) is 38.1. The molecule has 0 amide bonds. The molecule has 4 nitrogen and oxygen atoms in total. The lowest BCUT2D eigenvalue weighted by molar-refractivity contribution is 0.590. The molecule has 20 rings (SSSR count). The molecule has 452 valence electrons. The van der Waals surface area contributed by atoms with E-state index < -0.39 is 43.0 Å². The Bertz CT molecular complexity index is 7040. The highest BCUT2D eigenvalue weighted by molar-refractivity contribution is 7.00. The molecule has 2 aliphatic rings. The van der Waals surface area contributed by atoms with Gasteiger partial charge in [-0.15, -0.1) is 0 Å². The first-order valence-corrected chi connectivity index (χ1v) is 33.1. The second-order valence-electron chi connectivity index (χ2n) is 29.7. The predicted molar refractivity (Wildman–Crippen MR) is 408 cm³/mol. The Morgan fingerprint density at radius 3 is 1.37 bits per heavy atom. The van der Waals surface area contributed by atoms with Crippen molar-refractivity contribution in [3.05, 3.63) is 271 Å². The van der Waals surface area contributed by atoms with Crippen molar-refractivity contribution in [2.24, 2.45) is 0 Å². The third-order valence-electron chi connectivity index (χ3n) is 21.3. The number of hydrogen-bond acceptors (Lipinski definition) is 0. The molecule has 95 heavy (non-hydrogen) atoms. The molecule has 0 radical (unpaired) electrons. The number of rotatable bonds is 3. The van der Waals surface area contributed by atoms with Gasteiger partial charge in [0.1, 0.15) is 0 Å². The molecule has 7 heterocycles. The van der Waals surface area contributed by atoms with Crippen LogP contribution in [0.25, 0.3) is 164 Å². The maximum Gasteiger partial charge on any atom is 0.252 e. The smallest absolute Gasteiger partial charge is 0.252 e. The van der Waals surface area contributed by atoms with E-state index >= 15 is 0 Å². The van der Waals surface area contributed by atoms with E-state index in [4.69, 9.17) is 5.48 Å². The largest absolute Gasteiger partial charge is 0.310 e. The van der Waals surface area contributed by atoms with Gasteiger partial charge in [-0.2, -0.15) is 0 Å². The van der Waals surface area contributed by atoms with Crippen molar-refractivity contribution in [2.45, 2.75) is 78.6 Å². The van der Waals surface area contributed by atoms with Crippen LogP contribution in [0, 0.1) is 0 Å². The molecule has 0 saturated heterocycles. The molecule has 2 aliphatic heterocycles. The number of fused-ring (bicyclic) bond motifs is 24. The summed E-state index contributed by atoms with van der Waals surface area (Å²) in [5.74, 6) is 0. The van der Waals surface area contributed by atoms with E-state index in [-0.39, 0.29) is 51.5 Å². The SMILES string of the molecule is [2H]c1c([2H])c([2H])c(-c2ccc3c(c2)c2cc(-n4c5ccc(C(C)(C)C)cc5c5cc(C(C)(C)C)ccc54)cc4c2n3-c2c3c(cc5c2c2cccc6c7ccccc7c7ccccc7c7ccccc7n5c62)-n2c5ccc(C(C)(C)C)cc5c5cc(-c6c([2H])c([2H])c([2H])c([2H])c6[2H])cc(c52)B34)c([2H])c1[2H]. The van der Waals surface area contributed by atoms with Gasteiger partial charge in [0.2, 0.25) is 0 Å². The Balaban J connectivity index is 1.06. The van der Waals surface area contributed by atoms with Crippen molar-refractivity contribution < 1.29 is 13.7 Å². The van der Waals surface area contributed by atoms with Gasteiger partial charge in [-0.3, -0.25) is 0 Å². The minimum atomic E-state index is -0.612. The third-order valence-corrected chi connectivity index (χ3v) is 21.3. The number of nitrogens with zero attached hydrogens (tertiary/aromatic N) is 4. The van der Waals surface area contributed by atoms with Crippen LogP contribution < -0.4 is 16.4 Å². The molecular weight excluding hydrogens is 1150 g/mol. The van der Waals surface area contributed by atoms with Gasteiger partial charge in [0.15, 0.2) is 0 Å². The van der Waals surface area contributed by atoms with Crippen LogP contribution in [0.4, 0.5) is 0 Å². The van der Waals surface area contributed by atoms with E-state index in [1.54, 1.807) is 0 Å². The summed E-state index contributed by atoms with van der Waals surface area (Å²) in [5.41, 5.74) is 18.4. The molecule has 5 heteroatoms. The van der Waals surface area contributed by atoms with Gasteiger partial charge in [-0.05, 0) is 172 Å². The van der Waals surface area contributed by atoms with Gasteiger partial charge >= 0.3 is 0 Å². The van der Waals surface area contributed by atoms with Gasteiger partial charge in [0.05, 0.1) is 58.0 Å². The first-order chi connectivity index (χ1) is 50.2. The molecule has 5 aromatic heterocycles. The molecule has 0 bridgehead atoms. The summed E-state index contributed by atoms with van der Waals surface area (Å²) >= 11 is 0. The van der Waals surface area contributed by atoms with Crippen LogP contribution in [0.2, 0.25) is 0 Å². The van der Waals surface area contributed by atoms with Crippen LogP contribution in [0.1, 0.15) is 92.7 Å². The van der Waals surface area contributed by atoms with Gasteiger partial charge in [0, 0.05) is 76.3 Å². The quantitative estimate of drug-likeness (QED) is 0.157. The third kappa shape index (κ3) is 7.50. The maximum absolute atomic E-state index is 9.74. The summed E-state index contributed by atoms with van der Waals surface area (Å²) < 4.78 is 102. The summed E-state index contributed by atoms with van der Waals surface area (Å²) in [6.45, 7) is 19.6. The predicted octanol–water partition coefficient (Wildman–Crippen LogP) is 21.9. The normalized spacial score (nSPS) is 14.8. The van der Waals surface area contributed by atoms with Crippen LogP contribution >= 0.6 is 0 Å². The van der Waals surface area contributed by atoms with Crippen LogP contribution in [0.5, 0.6) is 0 Å². The van der Waals surface area contributed by atoms with Crippen LogP contribution in [-0.4, -0.2) is 24.8 Å². The highest BCUT2D eigenvalue weighted by Gasteiger charge is 2.44. The van der Waals surface area contributed by atoms with Crippen LogP contribution in [-0.2, 0) is 16.2 Å². The summed E-state index contributed by atoms with van der Waals surface area (Å²) in [4.78, 5) is 0. The highest BCUT2D eigenvalue weighted by atomic mass is 15.1. The Kier molecular flexibility index (Phi) is 9.05. The molecule has 18 aromatic rings. The Morgan fingerprint density at radius 2 is 0.758 bits per heavy atom. The van der Waals surface area contributed by atoms with Crippen LogP contribution in [0.3, 0.4) is 0 Å². The van der Waals surface area contributed by atoms with Crippen molar-refractivity contribution in [3.8, 4) is 39.3 Å². The minimum Gasteiger partial charge on any atom is -0.310 e. The van der Waals surface area contributed by atoms with Crippen LogP contribution in [0.15, 0.2) is 255 Å². The Labute approximate surface area is 566 Å². The molecule has 0 spiro atoms. The minimum absolute atomic E-state index is 0.105. The zero-order chi connectivity index (χ0) is 72.6. The lowest BCUT2D eigenvalue weighted by Crippen LogP contribution is -2.59. The number of hydrogen-bond donors (Lipinski definition) is 0. The van der Waals surface area contributed by atoms with Crippen molar-refractivity contribution in [2.75, 3.05) is 0 Å². The monoisotopic (exact) mass is 1230 g/mol. The second-order valence-corrected chi connectivity index (χ2v) is 29.7. The molecule has 0 fully saturated rings. The molecule has 0 N–H and O–H groups in total.